The molecule has 2 aromatic heterocycles. The number of hydrogen-bond donors (Lipinski definition) is 3. The van der Waals surface area contributed by atoms with Crippen LogP contribution in [0.4, 0.5) is 0 Å². The van der Waals surface area contributed by atoms with Gasteiger partial charge in [-0.15, -0.1) is 0 Å². The highest BCUT2D eigenvalue weighted by Gasteiger charge is 2.50. The predicted octanol–water partition coefficient (Wildman–Crippen LogP) is 3.79. The molecule has 0 saturated heterocycles. The van der Waals surface area contributed by atoms with Gasteiger partial charge < -0.3 is 15.4 Å². The van der Waals surface area contributed by atoms with E-state index in [1.807, 2.05) is 26.0 Å². The lowest BCUT2D eigenvalue weighted by Gasteiger charge is -2.52. The molecule has 0 amide bonds. The van der Waals surface area contributed by atoms with Crippen LogP contribution in [0, 0.1) is 5.41 Å². The number of H-pyrrole nitrogens is 1. The zero-order valence-corrected chi connectivity index (χ0v) is 21.8. The molecule has 198 valence electrons. The summed E-state index contributed by atoms with van der Waals surface area (Å²) in [6, 6.07) is 7.04. The molecule has 3 fully saturated rings. The van der Waals surface area contributed by atoms with Crippen LogP contribution < -0.4 is 16.6 Å². The van der Waals surface area contributed by atoms with Gasteiger partial charge >= 0.3 is 11.7 Å². The fraction of sp³-hybridized carbons (Fsp3) is 0.571. The van der Waals surface area contributed by atoms with Crippen LogP contribution in [0.1, 0.15) is 87.0 Å². The van der Waals surface area contributed by atoms with Crippen LogP contribution in [0.3, 0.4) is 0 Å². The molecule has 3 aliphatic carbocycles. The molecule has 3 saturated carbocycles. The number of carbonyl (C=O) groups is 1. The Balaban J connectivity index is 1.32. The van der Waals surface area contributed by atoms with Crippen molar-refractivity contribution in [1.29, 1.82) is 0 Å². The van der Waals surface area contributed by atoms with Crippen LogP contribution >= 0.6 is 0 Å². The van der Waals surface area contributed by atoms with Crippen molar-refractivity contribution in [2.24, 2.45) is 5.41 Å². The standard InChI is InChI=1S/C28H37N5O4/c1-3-15-32-22-21(23(34)33(16-4-2)26(32)37)30-25(31-22)28-12-9-27(10-13-28,11-14-28)18-29-17-19-5-7-20(8-6-19)24(35)36/h5-8,29H,3-4,9-18H2,1-2H3,(H,30,31)(H,35,36). The minimum Gasteiger partial charge on any atom is -0.478 e. The second-order valence-corrected chi connectivity index (χ2v) is 11.1. The normalized spacial score (nSPS) is 23.1. The first kappa shape index (κ1) is 25.4. The number of fused-ring (bicyclic) bond motifs is 4. The quantitative estimate of drug-likeness (QED) is 0.384. The summed E-state index contributed by atoms with van der Waals surface area (Å²) in [5, 5.41) is 12.7. The van der Waals surface area contributed by atoms with E-state index in [0.717, 1.165) is 75.8 Å². The Morgan fingerprint density at radius 2 is 1.62 bits per heavy atom. The number of nitrogens with zero attached hydrogens (tertiary/aromatic N) is 3. The summed E-state index contributed by atoms with van der Waals surface area (Å²) in [5.74, 6) is -0.0334. The molecule has 3 aromatic rings. The van der Waals surface area contributed by atoms with Crippen molar-refractivity contribution >= 4 is 17.1 Å². The van der Waals surface area contributed by atoms with Gasteiger partial charge in [-0.1, -0.05) is 26.0 Å². The molecule has 2 heterocycles. The Bertz CT molecular complexity index is 1390. The maximum Gasteiger partial charge on any atom is 0.335 e. The molecule has 1 aromatic carbocycles. The van der Waals surface area contributed by atoms with Crippen LogP contribution in [-0.4, -0.2) is 36.7 Å². The highest BCUT2D eigenvalue weighted by Crippen LogP contribution is 2.57. The number of aromatic carboxylic acids is 1. The Morgan fingerprint density at radius 1 is 1.00 bits per heavy atom. The first-order valence-corrected chi connectivity index (χ1v) is 13.6. The average Bonchev–Trinajstić information content (AvgIpc) is 3.37. The summed E-state index contributed by atoms with van der Waals surface area (Å²) in [7, 11) is 0. The largest absolute Gasteiger partial charge is 0.478 e. The fourth-order valence-electron chi connectivity index (χ4n) is 6.38. The Morgan fingerprint density at radius 3 is 2.22 bits per heavy atom. The Hall–Kier alpha value is -3.20. The van der Waals surface area contributed by atoms with E-state index in [-0.39, 0.29) is 22.1 Å². The third-order valence-electron chi connectivity index (χ3n) is 8.69. The van der Waals surface area contributed by atoms with Gasteiger partial charge in [0.1, 0.15) is 11.3 Å². The number of aromatic amines is 1. The lowest BCUT2D eigenvalue weighted by atomic mass is 9.53. The Kier molecular flexibility index (Phi) is 6.83. The molecule has 2 bridgehead atoms. The van der Waals surface area contributed by atoms with Crippen molar-refractivity contribution < 1.29 is 9.90 Å². The summed E-state index contributed by atoms with van der Waals surface area (Å²) < 4.78 is 3.02. The number of nitrogens with one attached hydrogen (secondary N) is 2. The summed E-state index contributed by atoms with van der Waals surface area (Å²) in [6.45, 7) is 6.61. The molecule has 6 rings (SSSR count). The van der Waals surface area contributed by atoms with E-state index < -0.39 is 5.97 Å². The van der Waals surface area contributed by atoms with Crippen LogP contribution in [0.2, 0.25) is 0 Å². The van der Waals surface area contributed by atoms with E-state index in [2.05, 4.69) is 10.3 Å². The van der Waals surface area contributed by atoms with Crippen molar-refractivity contribution in [3.8, 4) is 0 Å². The Labute approximate surface area is 215 Å². The minimum absolute atomic E-state index is 0.0669. The van der Waals surface area contributed by atoms with Gasteiger partial charge in [-0.3, -0.25) is 13.9 Å². The fourth-order valence-corrected chi connectivity index (χ4v) is 6.38. The van der Waals surface area contributed by atoms with Crippen LogP contribution in [0.5, 0.6) is 0 Å². The van der Waals surface area contributed by atoms with E-state index in [9.17, 15) is 14.4 Å². The van der Waals surface area contributed by atoms with Crippen molar-refractivity contribution in [1.82, 2.24) is 24.4 Å². The molecule has 0 unspecified atom stereocenters. The number of carboxylic acid groups (broad SMARTS) is 1. The number of aromatic nitrogens is 4. The summed E-state index contributed by atoms with van der Waals surface area (Å²) >= 11 is 0. The van der Waals surface area contributed by atoms with Crippen LogP contribution in [0.25, 0.3) is 11.2 Å². The number of aryl methyl sites for hydroxylation is 1. The summed E-state index contributed by atoms with van der Waals surface area (Å²) in [6.07, 6.45) is 7.85. The second kappa shape index (κ2) is 9.93. The van der Waals surface area contributed by atoms with E-state index in [0.29, 0.717) is 29.8 Å². The predicted molar refractivity (Wildman–Crippen MR) is 142 cm³/mol. The van der Waals surface area contributed by atoms with Crippen molar-refractivity contribution in [3.05, 3.63) is 62.1 Å². The molecule has 0 spiro atoms. The lowest BCUT2D eigenvalue weighted by Crippen LogP contribution is -2.48. The van der Waals surface area contributed by atoms with Gasteiger partial charge in [-0.2, -0.15) is 0 Å². The van der Waals surface area contributed by atoms with E-state index in [4.69, 9.17) is 10.1 Å². The smallest absolute Gasteiger partial charge is 0.335 e. The zero-order valence-electron chi connectivity index (χ0n) is 21.8. The molecule has 9 nitrogen and oxygen atoms in total. The highest BCUT2D eigenvalue weighted by atomic mass is 16.4. The van der Waals surface area contributed by atoms with Crippen molar-refractivity contribution in [2.45, 2.75) is 90.3 Å². The van der Waals surface area contributed by atoms with Gasteiger partial charge in [0.05, 0.1) is 5.56 Å². The first-order chi connectivity index (χ1) is 17.8. The first-order valence-electron chi connectivity index (χ1n) is 13.6. The van der Waals surface area contributed by atoms with Gasteiger partial charge in [-0.05, 0) is 74.5 Å². The topological polar surface area (TPSA) is 122 Å². The van der Waals surface area contributed by atoms with E-state index >= 15 is 0 Å². The monoisotopic (exact) mass is 507 g/mol. The van der Waals surface area contributed by atoms with Crippen LogP contribution in [-0.2, 0) is 25.0 Å². The van der Waals surface area contributed by atoms with E-state index in [1.165, 1.54) is 4.57 Å². The molecule has 0 atom stereocenters. The highest BCUT2D eigenvalue weighted by molar-refractivity contribution is 5.87. The van der Waals surface area contributed by atoms with Gasteiger partial charge in [-0.25, -0.2) is 14.6 Å². The maximum atomic E-state index is 13.2. The van der Waals surface area contributed by atoms with Gasteiger partial charge in [0.25, 0.3) is 5.56 Å². The molecule has 0 aliphatic heterocycles. The van der Waals surface area contributed by atoms with Crippen molar-refractivity contribution in [2.75, 3.05) is 6.54 Å². The second-order valence-electron chi connectivity index (χ2n) is 11.1. The molecule has 3 N–H and O–H groups in total. The molecule has 0 radical (unpaired) electrons. The molecule has 3 aliphatic rings. The summed E-state index contributed by atoms with van der Waals surface area (Å²) in [5.41, 5.74) is 2.03. The van der Waals surface area contributed by atoms with Crippen molar-refractivity contribution in [3.63, 3.8) is 0 Å². The van der Waals surface area contributed by atoms with Crippen LogP contribution in [0.15, 0.2) is 33.9 Å². The van der Waals surface area contributed by atoms with Gasteiger partial charge in [0, 0.05) is 31.6 Å². The summed E-state index contributed by atoms with van der Waals surface area (Å²) in [4.78, 5) is 45.6. The lowest BCUT2D eigenvalue weighted by molar-refractivity contribution is 0.0358. The molecule has 9 heteroatoms. The van der Waals surface area contributed by atoms with Gasteiger partial charge in [0.2, 0.25) is 0 Å². The number of rotatable bonds is 10. The number of hydrogen-bond acceptors (Lipinski definition) is 5. The molecular weight excluding hydrogens is 470 g/mol. The third-order valence-corrected chi connectivity index (χ3v) is 8.69. The minimum atomic E-state index is -0.906. The molecule has 37 heavy (non-hydrogen) atoms. The van der Waals surface area contributed by atoms with Gasteiger partial charge in [0.15, 0.2) is 5.65 Å². The average molecular weight is 508 g/mol. The number of benzene rings is 1. The maximum absolute atomic E-state index is 13.2. The third kappa shape index (κ3) is 4.54. The molecular formula is C28H37N5O4. The van der Waals surface area contributed by atoms with E-state index in [1.54, 1.807) is 16.7 Å². The number of carboxylic acids is 1. The SMILES string of the molecule is CCCn1c(=O)c2[nH]c(C34CCC(CNCc5ccc(C(=O)O)cc5)(CC3)CC4)nc2n(CCC)c1=O. The number of imidazole rings is 1. The zero-order chi connectivity index (χ0) is 26.2.